The maximum absolute atomic E-state index is 12.1. The number of hydrogen-bond donors (Lipinski definition) is 3. The standard InChI is InChI=1S/C16H26N2O3/c19-15(20)13-4-2-1-3-12(13)9-17-16(21)18-14(10-5-6-10)11-7-8-11/h10-14H,1-9H2,(H,19,20)(H2,17,18,21). The van der Waals surface area contributed by atoms with E-state index in [2.05, 4.69) is 10.6 Å². The molecule has 0 aliphatic heterocycles. The van der Waals surface area contributed by atoms with Crippen LogP contribution in [0.3, 0.4) is 0 Å². The second-order valence-corrected chi connectivity index (χ2v) is 7.04. The number of nitrogens with one attached hydrogen (secondary N) is 2. The molecule has 5 heteroatoms. The molecule has 0 aromatic heterocycles. The lowest BCUT2D eigenvalue weighted by atomic mass is 9.79. The number of carboxylic acid groups (broad SMARTS) is 1. The first-order chi connectivity index (χ1) is 10.1. The van der Waals surface area contributed by atoms with Crippen molar-refractivity contribution < 1.29 is 14.7 Å². The van der Waals surface area contributed by atoms with E-state index >= 15 is 0 Å². The normalized spacial score (nSPS) is 29.2. The van der Waals surface area contributed by atoms with Crippen molar-refractivity contribution in [2.45, 2.75) is 57.4 Å². The summed E-state index contributed by atoms with van der Waals surface area (Å²) < 4.78 is 0. The van der Waals surface area contributed by atoms with Crippen LogP contribution < -0.4 is 10.6 Å². The van der Waals surface area contributed by atoms with Gasteiger partial charge in [-0.2, -0.15) is 0 Å². The maximum Gasteiger partial charge on any atom is 0.315 e. The van der Waals surface area contributed by atoms with Crippen LogP contribution in [0.15, 0.2) is 0 Å². The van der Waals surface area contributed by atoms with Gasteiger partial charge >= 0.3 is 12.0 Å². The molecule has 0 heterocycles. The number of amides is 2. The minimum Gasteiger partial charge on any atom is -0.481 e. The number of rotatable bonds is 6. The molecule has 3 aliphatic rings. The number of carbonyl (C=O) groups excluding carboxylic acids is 1. The van der Waals surface area contributed by atoms with Crippen LogP contribution in [-0.4, -0.2) is 29.7 Å². The molecular formula is C16H26N2O3. The van der Waals surface area contributed by atoms with Crippen molar-refractivity contribution in [3.8, 4) is 0 Å². The van der Waals surface area contributed by atoms with Gasteiger partial charge in [-0.3, -0.25) is 4.79 Å². The average molecular weight is 294 g/mol. The fourth-order valence-electron chi connectivity index (χ4n) is 3.73. The van der Waals surface area contributed by atoms with Crippen molar-refractivity contribution in [2.75, 3.05) is 6.54 Å². The van der Waals surface area contributed by atoms with Gasteiger partial charge in [0.25, 0.3) is 0 Å². The molecule has 3 saturated carbocycles. The summed E-state index contributed by atoms with van der Waals surface area (Å²) >= 11 is 0. The maximum atomic E-state index is 12.1. The molecule has 3 fully saturated rings. The Morgan fingerprint density at radius 1 is 1.00 bits per heavy atom. The van der Waals surface area contributed by atoms with Crippen LogP contribution >= 0.6 is 0 Å². The third-order valence-corrected chi connectivity index (χ3v) is 5.31. The van der Waals surface area contributed by atoms with Crippen molar-refractivity contribution in [1.29, 1.82) is 0 Å². The summed E-state index contributed by atoms with van der Waals surface area (Å²) in [7, 11) is 0. The van der Waals surface area contributed by atoms with Crippen LogP contribution in [-0.2, 0) is 4.79 Å². The van der Waals surface area contributed by atoms with Crippen LogP contribution in [0, 0.1) is 23.7 Å². The molecule has 3 rings (SSSR count). The predicted octanol–water partition coefficient (Wildman–Crippen LogP) is 2.37. The SMILES string of the molecule is O=C(NCC1CCCCC1C(=O)O)NC(C1CC1)C1CC1. The van der Waals surface area contributed by atoms with Crippen molar-refractivity contribution >= 4 is 12.0 Å². The molecule has 118 valence electrons. The van der Waals surface area contributed by atoms with Gasteiger partial charge in [-0.05, 0) is 56.3 Å². The summed E-state index contributed by atoms with van der Waals surface area (Å²) in [6, 6.07) is 0.250. The molecule has 2 unspecified atom stereocenters. The van der Waals surface area contributed by atoms with Gasteiger partial charge in [-0.1, -0.05) is 12.8 Å². The molecule has 0 radical (unpaired) electrons. The third kappa shape index (κ3) is 3.89. The Morgan fingerprint density at radius 3 is 2.19 bits per heavy atom. The van der Waals surface area contributed by atoms with E-state index in [0.717, 1.165) is 25.7 Å². The lowest BCUT2D eigenvalue weighted by molar-refractivity contribution is -0.144. The van der Waals surface area contributed by atoms with Crippen molar-refractivity contribution in [3.05, 3.63) is 0 Å². The Kier molecular flexibility index (Phi) is 4.36. The lowest BCUT2D eigenvalue weighted by Gasteiger charge is -2.29. The molecular weight excluding hydrogens is 268 g/mol. The fraction of sp³-hybridized carbons (Fsp3) is 0.875. The minimum atomic E-state index is -0.712. The Bertz CT molecular complexity index is 392. The zero-order chi connectivity index (χ0) is 14.8. The van der Waals surface area contributed by atoms with E-state index in [1.807, 2.05) is 0 Å². The van der Waals surface area contributed by atoms with Gasteiger partial charge in [0.05, 0.1) is 5.92 Å². The van der Waals surface area contributed by atoms with Crippen molar-refractivity contribution in [3.63, 3.8) is 0 Å². The van der Waals surface area contributed by atoms with E-state index in [4.69, 9.17) is 0 Å². The highest BCUT2D eigenvalue weighted by molar-refractivity contribution is 5.75. The summed E-state index contributed by atoms with van der Waals surface area (Å²) in [6.45, 7) is 0.491. The molecule has 3 aliphatic carbocycles. The molecule has 0 bridgehead atoms. The van der Waals surface area contributed by atoms with E-state index in [1.54, 1.807) is 0 Å². The molecule has 21 heavy (non-hydrogen) atoms. The highest BCUT2D eigenvalue weighted by Crippen LogP contribution is 2.44. The first kappa shape index (κ1) is 14.7. The van der Waals surface area contributed by atoms with Gasteiger partial charge in [0, 0.05) is 12.6 Å². The first-order valence-electron chi connectivity index (χ1n) is 8.42. The van der Waals surface area contributed by atoms with Crippen molar-refractivity contribution in [2.24, 2.45) is 23.7 Å². The highest BCUT2D eigenvalue weighted by Gasteiger charge is 2.42. The minimum absolute atomic E-state index is 0.0855. The molecule has 3 N–H and O–H groups in total. The van der Waals surface area contributed by atoms with E-state index in [-0.39, 0.29) is 17.9 Å². The molecule has 0 aromatic carbocycles. The van der Waals surface area contributed by atoms with Gasteiger partial charge in [0.15, 0.2) is 0 Å². The molecule has 0 aromatic rings. The molecule has 2 amide bonds. The Hall–Kier alpha value is -1.26. The van der Waals surface area contributed by atoms with E-state index in [9.17, 15) is 14.7 Å². The molecule has 5 nitrogen and oxygen atoms in total. The number of aliphatic carboxylic acids is 1. The second kappa shape index (κ2) is 6.24. The van der Waals surface area contributed by atoms with Crippen LogP contribution in [0.2, 0.25) is 0 Å². The number of urea groups is 1. The van der Waals surface area contributed by atoms with E-state index in [1.165, 1.54) is 25.7 Å². The van der Waals surface area contributed by atoms with Crippen LogP contribution in [0.5, 0.6) is 0 Å². The van der Waals surface area contributed by atoms with E-state index < -0.39 is 5.97 Å². The number of carboxylic acids is 1. The third-order valence-electron chi connectivity index (χ3n) is 5.31. The summed E-state index contributed by atoms with van der Waals surface area (Å²) in [5.74, 6) is 0.453. The Morgan fingerprint density at radius 2 is 1.62 bits per heavy atom. The Balaban J connectivity index is 1.44. The van der Waals surface area contributed by atoms with Crippen LogP contribution in [0.1, 0.15) is 51.4 Å². The predicted molar refractivity (Wildman–Crippen MR) is 78.9 cm³/mol. The largest absolute Gasteiger partial charge is 0.481 e. The highest BCUT2D eigenvalue weighted by atomic mass is 16.4. The van der Waals surface area contributed by atoms with E-state index in [0.29, 0.717) is 24.4 Å². The molecule has 0 saturated heterocycles. The summed E-state index contributed by atoms with van der Waals surface area (Å²) in [6.07, 6.45) is 8.68. The van der Waals surface area contributed by atoms with Gasteiger partial charge in [-0.15, -0.1) is 0 Å². The summed E-state index contributed by atoms with van der Waals surface area (Å²) in [5.41, 5.74) is 0. The van der Waals surface area contributed by atoms with Crippen LogP contribution in [0.25, 0.3) is 0 Å². The summed E-state index contributed by atoms with van der Waals surface area (Å²) in [4.78, 5) is 23.3. The lowest BCUT2D eigenvalue weighted by Crippen LogP contribution is -2.46. The monoisotopic (exact) mass is 294 g/mol. The first-order valence-corrected chi connectivity index (χ1v) is 8.42. The van der Waals surface area contributed by atoms with Crippen LogP contribution in [0.4, 0.5) is 4.79 Å². The smallest absolute Gasteiger partial charge is 0.315 e. The zero-order valence-electron chi connectivity index (χ0n) is 12.5. The number of hydrogen-bond acceptors (Lipinski definition) is 2. The Labute approximate surface area is 125 Å². The van der Waals surface area contributed by atoms with Gasteiger partial charge < -0.3 is 15.7 Å². The van der Waals surface area contributed by atoms with Gasteiger partial charge in [0.1, 0.15) is 0 Å². The molecule has 0 spiro atoms. The van der Waals surface area contributed by atoms with Gasteiger partial charge in [-0.25, -0.2) is 4.79 Å². The van der Waals surface area contributed by atoms with Gasteiger partial charge in [0.2, 0.25) is 0 Å². The summed E-state index contributed by atoms with van der Waals surface area (Å²) in [5, 5.41) is 15.3. The quantitative estimate of drug-likeness (QED) is 0.703. The fourth-order valence-corrected chi connectivity index (χ4v) is 3.73. The zero-order valence-corrected chi connectivity index (χ0v) is 12.5. The second-order valence-electron chi connectivity index (χ2n) is 7.04. The molecule has 2 atom stereocenters. The average Bonchev–Trinajstić information content (AvgIpc) is 3.36. The number of carbonyl (C=O) groups is 2. The topological polar surface area (TPSA) is 78.4 Å². The van der Waals surface area contributed by atoms with Crippen molar-refractivity contribution in [1.82, 2.24) is 10.6 Å².